The van der Waals surface area contributed by atoms with E-state index in [-0.39, 0.29) is 11.8 Å². The van der Waals surface area contributed by atoms with Crippen LogP contribution in [-0.4, -0.2) is 29.1 Å². The molecule has 1 spiro atoms. The second kappa shape index (κ2) is 5.73. The van der Waals surface area contributed by atoms with Crippen molar-refractivity contribution in [3.63, 3.8) is 0 Å². The number of aryl methyl sites for hydroxylation is 1. The summed E-state index contributed by atoms with van der Waals surface area (Å²) in [6.07, 6.45) is 2.72. The van der Waals surface area contributed by atoms with Crippen LogP contribution in [0, 0.1) is 6.92 Å². The lowest BCUT2D eigenvalue weighted by Gasteiger charge is -2.20. The Balaban J connectivity index is 1.51. The van der Waals surface area contributed by atoms with Gasteiger partial charge < -0.3 is 14.0 Å². The number of hydrogen-bond acceptors (Lipinski definition) is 5. The molecule has 2 aliphatic rings. The molecule has 5 nitrogen and oxygen atoms in total. The number of hydrogen-bond donors (Lipinski definition) is 0. The maximum absolute atomic E-state index is 5.78. The van der Waals surface area contributed by atoms with E-state index in [1.165, 1.54) is 11.1 Å². The zero-order chi connectivity index (χ0) is 15.9. The largest absolute Gasteiger partial charge is 0.348 e. The first kappa shape index (κ1) is 14.8. The molecule has 0 radical (unpaired) electrons. The summed E-state index contributed by atoms with van der Waals surface area (Å²) in [6, 6.07) is 8.43. The van der Waals surface area contributed by atoms with Crippen LogP contribution in [0.5, 0.6) is 0 Å². The summed E-state index contributed by atoms with van der Waals surface area (Å²) < 4.78 is 17.1. The van der Waals surface area contributed by atoms with Gasteiger partial charge in [-0.25, -0.2) is 0 Å². The highest BCUT2D eigenvalue weighted by molar-refractivity contribution is 5.28. The lowest BCUT2D eigenvalue weighted by Crippen LogP contribution is -2.25. The summed E-state index contributed by atoms with van der Waals surface area (Å²) in [5.74, 6) is 1.43. The van der Waals surface area contributed by atoms with Crippen molar-refractivity contribution < 1.29 is 14.0 Å². The molecular weight excluding hydrogens is 292 g/mol. The smallest absolute Gasteiger partial charge is 0.233 e. The lowest BCUT2D eigenvalue weighted by atomic mass is 9.99. The summed E-state index contributed by atoms with van der Waals surface area (Å²) >= 11 is 0. The van der Waals surface area contributed by atoms with Gasteiger partial charge in [0.1, 0.15) is 0 Å². The van der Waals surface area contributed by atoms with Gasteiger partial charge in [0.15, 0.2) is 11.6 Å². The van der Waals surface area contributed by atoms with Crippen LogP contribution < -0.4 is 0 Å². The standard InChI is InChI=1S/C18H22N2O3/c1-12-4-3-5-14(10-12)13(2)17-19-16(20-23-17)15-6-7-18(11-15)21-8-9-22-18/h3-5,10,13,15H,6-9,11H2,1-2H3. The van der Waals surface area contributed by atoms with Gasteiger partial charge in [-0.05, 0) is 25.8 Å². The SMILES string of the molecule is Cc1cccc(C(C)c2nc(C3CCC4(C3)OCCO4)no2)c1. The third-order valence-electron chi connectivity index (χ3n) is 4.98. The third kappa shape index (κ3) is 2.79. The van der Waals surface area contributed by atoms with E-state index in [2.05, 4.69) is 48.3 Å². The molecule has 23 heavy (non-hydrogen) atoms. The lowest BCUT2D eigenvalue weighted by molar-refractivity contribution is -0.151. The highest BCUT2D eigenvalue weighted by Gasteiger charge is 2.45. The van der Waals surface area contributed by atoms with Crippen molar-refractivity contribution in [3.05, 3.63) is 47.1 Å². The summed E-state index contributed by atoms with van der Waals surface area (Å²) in [5.41, 5.74) is 2.44. The van der Waals surface area contributed by atoms with Crippen LogP contribution in [0.25, 0.3) is 0 Å². The van der Waals surface area contributed by atoms with Crippen LogP contribution in [0.2, 0.25) is 0 Å². The van der Waals surface area contributed by atoms with Gasteiger partial charge in [0.05, 0.1) is 19.1 Å². The second-order valence-electron chi connectivity index (χ2n) is 6.67. The Kier molecular flexibility index (Phi) is 3.70. The number of nitrogens with zero attached hydrogens (tertiary/aromatic N) is 2. The average molecular weight is 314 g/mol. The van der Waals surface area contributed by atoms with Crippen LogP contribution >= 0.6 is 0 Å². The molecule has 1 aromatic carbocycles. The Morgan fingerprint density at radius 2 is 2.09 bits per heavy atom. The predicted molar refractivity (Wildman–Crippen MR) is 84.2 cm³/mol. The van der Waals surface area contributed by atoms with Gasteiger partial charge in [-0.15, -0.1) is 0 Å². The number of ether oxygens (including phenoxy) is 2. The van der Waals surface area contributed by atoms with Gasteiger partial charge in [-0.3, -0.25) is 0 Å². The highest BCUT2D eigenvalue weighted by atomic mass is 16.7. The molecule has 2 fully saturated rings. The molecule has 4 rings (SSSR count). The molecule has 0 amide bonds. The van der Waals surface area contributed by atoms with E-state index in [4.69, 9.17) is 14.0 Å². The molecular formula is C18H22N2O3. The van der Waals surface area contributed by atoms with E-state index in [9.17, 15) is 0 Å². The minimum Gasteiger partial charge on any atom is -0.348 e. The maximum Gasteiger partial charge on any atom is 0.233 e. The van der Waals surface area contributed by atoms with E-state index < -0.39 is 5.79 Å². The minimum atomic E-state index is -0.395. The first-order valence-corrected chi connectivity index (χ1v) is 8.33. The molecule has 1 saturated heterocycles. The number of rotatable bonds is 3. The molecule has 0 bridgehead atoms. The van der Waals surface area contributed by atoms with Crippen molar-refractivity contribution in [1.82, 2.24) is 10.1 Å². The van der Waals surface area contributed by atoms with Gasteiger partial charge in [0.25, 0.3) is 0 Å². The quantitative estimate of drug-likeness (QED) is 0.867. The molecule has 1 aliphatic heterocycles. The number of aromatic nitrogens is 2. The van der Waals surface area contributed by atoms with E-state index >= 15 is 0 Å². The summed E-state index contributed by atoms with van der Waals surface area (Å²) in [6.45, 7) is 5.57. The fraction of sp³-hybridized carbons (Fsp3) is 0.556. The zero-order valence-electron chi connectivity index (χ0n) is 13.6. The monoisotopic (exact) mass is 314 g/mol. The zero-order valence-corrected chi connectivity index (χ0v) is 13.6. The van der Waals surface area contributed by atoms with Crippen LogP contribution in [0.15, 0.2) is 28.8 Å². The molecule has 1 saturated carbocycles. The molecule has 122 valence electrons. The fourth-order valence-corrected chi connectivity index (χ4v) is 3.62. The van der Waals surface area contributed by atoms with Crippen molar-refractivity contribution in [2.24, 2.45) is 0 Å². The predicted octanol–water partition coefficient (Wildman–Crippen LogP) is 3.54. The molecule has 1 aliphatic carbocycles. The van der Waals surface area contributed by atoms with Gasteiger partial charge >= 0.3 is 0 Å². The summed E-state index contributed by atoms with van der Waals surface area (Å²) in [7, 11) is 0. The minimum absolute atomic E-state index is 0.102. The maximum atomic E-state index is 5.78. The summed E-state index contributed by atoms with van der Waals surface area (Å²) in [5, 5.41) is 4.22. The van der Waals surface area contributed by atoms with Gasteiger partial charge in [0.2, 0.25) is 5.89 Å². The van der Waals surface area contributed by atoms with Gasteiger partial charge in [-0.1, -0.05) is 35.0 Å². The van der Waals surface area contributed by atoms with Crippen LogP contribution in [0.3, 0.4) is 0 Å². The van der Waals surface area contributed by atoms with Gasteiger partial charge in [-0.2, -0.15) is 4.98 Å². The van der Waals surface area contributed by atoms with E-state index in [0.29, 0.717) is 19.1 Å². The first-order valence-electron chi connectivity index (χ1n) is 8.33. The Morgan fingerprint density at radius 1 is 1.26 bits per heavy atom. The van der Waals surface area contributed by atoms with Crippen molar-refractivity contribution in [2.75, 3.05) is 13.2 Å². The molecule has 5 heteroatoms. The van der Waals surface area contributed by atoms with Crippen LogP contribution in [0.1, 0.15) is 60.9 Å². The van der Waals surface area contributed by atoms with E-state index in [0.717, 1.165) is 25.1 Å². The number of benzene rings is 1. The Morgan fingerprint density at radius 3 is 2.87 bits per heavy atom. The topological polar surface area (TPSA) is 57.4 Å². The van der Waals surface area contributed by atoms with Gasteiger partial charge in [0, 0.05) is 18.8 Å². The second-order valence-corrected chi connectivity index (χ2v) is 6.67. The van der Waals surface area contributed by atoms with E-state index in [1.54, 1.807) is 0 Å². The third-order valence-corrected chi connectivity index (χ3v) is 4.98. The van der Waals surface area contributed by atoms with Crippen molar-refractivity contribution >= 4 is 0 Å². The van der Waals surface area contributed by atoms with Crippen molar-refractivity contribution in [2.45, 2.75) is 50.7 Å². The van der Waals surface area contributed by atoms with Crippen LogP contribution in [0.4, 0.5) is 0 Å². The Labute approximate surface area is 136 Å². The van der Waals surface area contributed by atoms with Crippen molar-refractivity contribution in [3.8, 4) is 0 Å². The van der Waals surface area contributed by atoms with E-state index in [1.807, 2.05) is 0 Å². The highest BCUT2D eigenvalue weighted by Crippen LogP contribution is 2.44. The average Bonchev–Trinajstić information content (AvgIpc) is 3.29. The first-order chi connectivity index (χ1) is 11.2. The van der Waals surface area contributed by atoms with Crippen LogP contribution in [-0.2, 0) is 9.47 Å². The molecule has 2 unspecified atom stereocenters. The molecule has 2 heterocycles. The fourth-order valence-electron chi connectivity index (χ4n) is 3.62. The Hall–Kier alpha value is -1.72. The molecule has 0 N–H and O–H groups in total. The summed E-state index contributed by atoms with van der Waals surface area (Å²) in [4.78, 5) is 4.66. The normalized spacial score (nSPS) is 24.3. The molecule has 2 atom stereocenters. The molecule has 1 aromatic heterocycles. The Bertz CT molecular complexity index is 691. The van der Waals surface area contributed by atoms with Crippen molar-refractivity contribution in [1.29, 1.82) is 0 Å². The molecule has 2 aromatic rings.